The summed E-state index contributed by atoms with van der Waals surface area (Å²) in [6.07, 6.45) is 13.4. The molecular weight excluding hydrogens is 346 g/mol. The smallest absolute Gasteiger partial charge is 0.0761 e. The lowest BCUT2D eigenvalue weighted by Crippen LogP contribution is -2.18. The van der Waals surface area contributed by atoms with Crippen molar-refractivity contribution in [1.29, 1.82) is 0 Å². The Bertz CT molecular complexity index is 652. The fourth-order valence-corrected chi connectivity index (χ4v) is 4.93. The maximum absolute atomic E-state index is 10.5. The van der Waals surface area contributed by atoms with Gasteiger partial charge in [-0.2, -0.15) is 0 Å². The van der Waals surface area contributed by atoms with Crippen LogP contribution in [0.25, 0.3) is 0 Å². The number of benzene rings is 1. The molecule has 0 unspecified atom stereocenters. The summed E-state index contributed by atoms with van der Waals surface area (Å²) >= 11 is 0. The van der Waals surface area contributed by atoms with Crippen LogP contribution in [0.5, 0.6) is 0 Å². The number of hydrogen-bond donors (Lipinski definition) is 2. The highest BCUT2D eigenvalue weighted by molar-refractivity contribution is 5.21. The molecule has 3 heteroatoms. The Kier molecular flexibility index (Phi) is 7.90. The molecule has 1 aromatic rings. The molecule has 0 radical (unpaired) electrons. The van der Waals surface area contributed by atoms with Crippen molar-refractivity contribution in [3.05, 3.63) is 59.7 Å². The minimum atomic E-state index is -0.487. The van der Waals surface area contributed by atoms with E-state index in [2.05, 4.69) is 31.1 Å². The standard InChI is InChI=1S/C25H37NO2/c1-26(2)14-8-4-7-11-20-15-21-18-25(28)23(24(21)17-20)13-12-22(27)16-19-9-5-3-6-10-19/h3,5-6,9-10,12-13,15,21-25,27-28H,4,7-8,11,14,16-18H2,1-2H3/t21-,22+,23+,24-,25+/m0/s1. The van der Waals surface area contributed by atoms with Crippen molar-refractivity contribution < 1.29 is 10.2 Å². The molecule has 0 spiro atoms. The van der Waals surface area contributed by atoms with E-state index in [0.717, 1.165) is 18.4 Å². The predicted molar refractivity (Wildman–Crippen MR) is 116 cm³/mol. The average Bonchev–Trinajstić information content (AvgIpc) is 3.16. The van der Waals surface area contributed by atoms with Crippen LogP contribution in [0.15, 0.2) is 54.1 Å². The van der Waals surface area contributed by atoms with E-state index in [1.54, 1.807) is 5.57 Å². The van der Waals surface area contributed by atoms with Crippen LogP contribution in [0.1, 0.15) is 44.1 Å². The van der Waals surface area contributed by atoms with Gasteiger partial charge in [0.25, 0.3) is 0 Å². The van der Waals surface area contributed by atoms with Gasteiger partial charge in [0.15, 0.2) is 0 Å². The molecule has 154 valence electrons. The molecule has 28 heavy (non-hydrogen) atoms. The van der Waals surface area contributed by atoms with E-state index in [4.69, 9.17) is 0 Å². The van der Waals surface area contributed by atoms with Gasteiger partial charge >= 0.3 is 0 Å². The summed E-state index contributed by atoms with van der Waals surface area (Å²) in [5.74, 6) is 1.22. The number of rotatable bonds is 10. The molecule has 1 saturated carbocycles. The number of aliphatic hydroxyl groups is 2. The Morgan fingerprint density at radius 1 is 1.14 bits per heavy atom. The van der Waals surface area contributed by atoms with E-state index < -0.39 is 6.10 Å². The summed E-state index contributed by atoms with van der Waals surface area (Å²) in [6.45, 7) is 1.18. The van der Waals surface area contributed by atoms with Crippen LogP contribution in [0.3, 0.4) is 0 Å². The minimum Gasteiger partial charge on any atom is -0.392 e. The van der Waals surface area contributed by atoms with Crippen molar-refractivity contribution in [2.45, 2.75) is 57.2 Å². The molecule has 0 bridgehead atoms. The largest absolute Gasteiger partial charge is 0.392 e. The molecule has 2 aliphatic carbocycles. The zero-order valence-corrected chi connectivity index (χ0v) is 17.5. The number of hydrogen-bond acceptors (Lipinski definition) is 3. The van der Waals surface area contributed by atoms with Gasteiger partial charge in [-0.25, -0.2) is 0 Å². The lowest BCUT2D eigenvalue weighted by molar-refractivity contribution is 0.140. The third kappa shape index (κ3) is 6.04. The van der Waals surface area contributed by atoms with Crippen molar-refractivity contribution in [2.75, 3.05) is 20.6 Å². The number of nitrogens with zero attached hydrogens (tertiary/aromatic N) is 1. The predicted octanol–water partition coefficient (Wildman–Crippen LogP) is 4.21. The third-order valence-electron chi connectivity index (χ3n) is 6.40. The van der Waals surface area contributed by atoms with Gasteiger partial charge in [-0.3, -0.25) is 0 Å². The molecule has 1 fully saturated rings. The first-order valence-corrected chi connectivity index (χ1v) is 11.0. The van der Waals surface area contributed by atoms with Gasteiger partial charge in [0.05, 0.1) is 12.2 Å². The Morgan fingerprint density at radius 2 is 1.93 bits per heavy atom. The van der Waals surface area contributed by atoms with Crippen LogP contribution >= 0.6 is 0 Å². The molecule has 0 saturated heterocycles. The molecular formula is C25H37NO2. The number of aliphatic hydroxyl groups excluding tert-OH is 2. The van der Waals surface area contributed by atoms with Crippen molar-refractivity contribution in [1.82, 2.24) is 4.90 Å². The minimum absolute atomic E-state index is 0.179. The highest BCUT2D eigenvalue weighted by atomic mass is 16.3. The average molecular weight is 384 g/mol. The molecule has 2 N–H and O–H groups in total. The summed E-state index contributed by atoms with van der Waals surface area (Å²) in [6, 6.07) is 10.1. The number of allylic oxidation sites excluding steroid dienone is 2. The fourth-order valence-electron chi connectivity index (χ4n) is 4.93. The van der Waals surface area contributed by atoms with Crippen molar-refractivity contribution >= 4 is 0 Å². The van der Waals surface area contributed by atoms with Gasteiger partial charge in [-0.1, -0.05) is 60.6 Å². The van der Waals surface area contributed by atoms with Gasteiger partial charge < -0.3 is 15.1 Å². The molecule has 0 aromatic heterocycles. The van der Waals surface area contributed by atoms with E-state index in [0.29, 0.717) is 18.3 Å². The van der Waals surface area contributed by atoms with Crippen LogP contribution < -0.4 is 0 Å². The Balaban J connectivity index is 1.46. The Labute approximate surface area is 170 Å². The summed E-state index contributed by atoms with van der Waals surface area (Å²) < 4.78 is 0. The van der Waals surface area contributed by atoms with Crippen LogP contribution in [0.4, 0.5) is 0 Å². The Morgan fingerprint density at radius 3 is 2.68 bits per heavy atom. The highest BCUT2D eigenvalue weighted by Crippen LogP contribution is 2.48. The third-order valence-corrected chi connectivity index (χ3v) is 6.40. The summed E-state index contributed by atoms with van der Waals surface area (Å²) in [4.78, 5) is 2.25. The van der Waals surface area contributed by atoms with Crippen LogP contribution in [-0.4, -0.2) is 48.0 Å². The van der Waals surface area contributed by atoms with E-state index in [-0.39, 0.29) is 12.0 Å². The van der Waals surface area contributed by atoms with Crippen molar-refractivity contribution in [3.63, 3.8) is 0 Å². The molecule has 1 aromatic carbocycles. The van der Waals surface area contributed by atoms with Crippen LogP contribution in [0, 0.1) is 17.8 Å². The first-order chi connectivity index (χ1) is 13.5. The Hall–Kier alpha value is -1.42. The molecule has 0 aliphatic heterocycles. The zero-order chi connectivity index (χ0) is 19.9. The number of unbranched alkanes of at least 4 members (excludes halogenated alkanes) is 2. The fraction of sp³-hybridized carbons (Fsp3) is 0.600. The molecule has 3 rings (SSSR count). The second-order valence-corrected chi connectivity index (χ2v) is 8.99. The van der Waals surface area contributed by atoms with Crippen molar-refractivity contribution in [3.8, 4) is 0 Å². The number of fused-ring (bicyclic) bond motifs is 1. The van der Waals surface area contributed by atoms with Gasteiger partial charge in [0.1, 0.15) is 0 Å². The second-order valence-electron chi connectivity index (χ2n) is 8.99. The maximum Gasteiger partial charge on any atom is 0.0761 e. The molecule has 0 amide bonds. The summed E-state index contributed by atoms with van der Waals surface area (Å²) in [5, 5.41) is 20.9. The first kappa shape index (κ1) is 21.3. The summed E-state index contributed by atoms with van der Waals surface area (Å²) in [5.41, 5.74) is 2.73. The van der Waals surface area contributed by atoms with Crippen LogP contribution in [-0.2, 0) is 6.42 Å². The lowest BCUT2D eigenvalue weighted by Gasteiger charge is -2.19. The molecule has 3 nitrogen and oxygen atoms in total. The lowest BCUT2D eigenvalue weighted by atomic mass is 9.88. The SMILES string of the molecule is CN(C)CCCCCC1=C[C@H]2C[C@@H](O)[C@H](C=C[C@@H](O)Cc3ccccc3)[C@H]2C1. The first-order valence-electron chi connectivity index (χ1n) is 11.0. The quantitative estimate of drug-likeness (QED) is 0.470. The summed E-state index contributed by atoms with van der Waals surface area (Å²) in [7, 11) is 4.27. The van der Waals surface area contributed by atoms with E-state index in [9.17, 15) is 10.2 Å². The maximum atomic E-state index is 10.5. The van der Waals surface area contributed by atoms with Gasteiger partial charge in [0, 0.05) is 12.3 Å². The van der Waals surface area contributed by atoms with E-state index >= 15 is 0 Å². The molecule has 5 atom stereocenters. The monoisotopic (exact) mass is 383 g/mol. The zero-order valence-electron chi connectivity index (χ0n) is 17.5. The second kappa shape index (κ2) is 10.4. The normalized spacial score (nSPS) is 28.1. The molecule has 2 aliphatic rings. The highest BCUT2D eigenvalue weighted by Gasteiger charge is 2.43. The van der Waals surface area contributed by atoms with Gasteiger partial charge in [-0.15, -0.1) is 0 Å². The van der Waals surface area contributed by atoms with Crippen molar-refractivity contribution in [2.24, 2.45) is 17.8 Å². The van der Waals surface area contributed by atoms with Gasteiger partial charge in [-0.05, 0) is 70.1 Å². The van der Waals surface area contributed by atoms with E-state index in [1.807, 2.05) is 36.4 Å². The van der Waals surface area contributed by atoms with E-state index in [1.165, 1.54) is 32.2 Å². The van der Waals surface area contributed by atoms with Gasteiger partial charge in [0.2, 0.25) is 0 Å². The van der Waals surface area contributed by atoms with Crippen LogP contribution in [0.2, 0.25) is 0 Å². The topological polar surface area (TPSA) is 43.7 Å². The molecule has 0 heterocycles.